The summed E-state index contributed by atoms with van der Waals surface area (Å²) in [6, 6.07) is 10.9. The zero-order valence-corrected chi connectivity index (χ0v) is 12.9. The van der Waals surface area contributed by atoms with Crippen LogP contribution in [-0.4, -0.2) is 24.0 Å². The normalized spacial score (nSPS) is 10.8. The van der Waals surface area contributed by atoms with Crippen LogP contribution in [0.4, 0.5) is 20.5 Å². The number of nitrogens with one attached hydrogen (secondary N) is 1. The molecule has 0 saturated carbocycles. The molecule has 1 amide bonds. The van der Waals surface area contributed by atoms with Crippen LogP contribution < -0.4 is 10.2 Å². The number of amides is 1. The lowest BCUT2D eigenvalue weighted by atomic mass is 10.3. The second-order valence-corrected chi connectivity index (χ2v) is 5.12. The molecule has 3 rings (SSSR count). The first-order valence-electron chi connectivity index (χ1n) is 7.43. The Labute approximate surface area is 136 Å². The first-order valence-corrected chi connectivity index (χ1v) is 7.43. The fourth-order valence-electron chi connectivity index (χ4n) is 2.28. The van der Waals surface area contributed by atoms with Gasteiger partial charge in [0.25, 0.3) is 6.01 Å². The van der Waals surface area contributed by atoms with Gasteiger partial charge in [0.2, 0.25) is 5.91 Å². The van der Waals surface area contributed by atoms with Crippen molar-refractivity contribution >= 4 is 28.7 Å². The monoisotopic (exact) mass is 331 g/mol. The first-order chi connectivity index (χ1) is 11.6. The van der Waals surface area contributed by atoms with Crippen molar-refractivity contribution in [2.24, 2.45) is 0 Å². The number of benzene rings is 2. The molecule has 124 valence electrons. The van der Waals surface area contributed by atoms with Gasteiger partial charge in [0, 0.05) is 6.54 Å². The lowest BCUT2D eigenvalue weighted by Gasteiger charge is -2.18. The Morgan fingerprint density at radius 3 is 2.54 bits per heavy atom. The summed E-state index contributed by atoms with van der Waals surface area (Å²) in [5.41, 5.74) is 0.814. The second-order valence-electron chi connectivity index (χ2n) is 5.12. The summed E-state index contributed by atoms with van der Waals surface area (Å²) in [4.78, 5) is 18.0. The van der Waals surface area contributed by atoms with Crippen LogP contribution in [0.15, 0.2) is 46.9 Å². The number of carbonyl (C=O) groups excluding carboxylic acids is 1. The van der Waals surface area contributed by atoms with Crippen molar-refractivity contribution in [1.29, 1.82) is 0 Å². The smallest absolute Gasteiger partial charge is 0.298 e. The van der Waals surface area contributed by atoms with Crippen LogP contribution in [0.3, 0.4) is 0 Å². The summed E-state index contributed by atoms with van der Waals surface area (Å²) in [7, 11) is 0. The maximum Gasteiger partial charge on any atom is 0.298 e. The molecule has 0 atom stereocenters. The van der Waals surface area contributed by atoms with Crippen LogP contribution in [0.1, 0.15) is 6.92 Å². The van der Waals surface area contributed by atoms with Crippen LogP contribution in [-0.2, 0) is 4.79 Å². The van der Waals surface area contributed by atoms with Crippen LogP contribution in [0.25, 0.3) is 11.1 Å². The fourth-order valence-corrected chi connectivity index (χ4v) is 2.28. The van der Waals surface area contributed by atoms with E-state index in [0.29, 0.717) is 17.6 Å². The Morgan fingerprint density at radius 2 is 1.88 bits per heavy atom. The Hall–Kier alpha value is -2.96. The van der Waals surface area contributed by atoms with E-state index in [1.54, 1.807) is 17.0 Å². The zero-order valence-electron chi connectivity index (χ0n) is 12.9. The quantitative estimate of drug-likeness (QED) is 0.776. The lowest BCUT2D eigenvalue weighted by Crippen LogP contribution is -2.33. The van der Waals surface area contributed by atoms with Crippen molar-refractivity contribution in [2.75, 3.05) is 23.3 Å². The van der Waals surface area contributed by atoms with Crippen LogP contribution >= 0.6 is 0 Å². The average molecular weight is 331 g/mol. The molecule has 0 aliphatic heterocycles. The summed E-state index contributed by atoms with van der Waals surface area (Å²) in [5, 5.41) is 2.25. The van der Waals surface area contributed by atoms with E-state index in [9.17, 15) is 13.6 Å². The van der Waals surface area contributed by atoms with E-state index in [0.717, 1.165) is 12.1 Å². The summed E-state index contributed by atoms with van der Waals surface area (Å²) in [5.74, 6) is -2.22. The number of hydrogen-bond donors (Lipinski definition) is 1. The molecular formula is C17H15F2N3O2. The summed E-state index contributed by atoms with van der Waals surface area (Å²) in [6.07, 6.45) is 0. The molecule has 0 aliphatic carbocycles. The molecular weight excluding hydrogens is 316 g/mol. The molecule has 3 aromatic rings. The molecule has 0 aliphatic rings. The van der Waals surface area contributed by atoms with Gasteiger partial charge in [-0.05, 0) is 31.2 Å². The van der Waals surface area contributed by atoms with Gasteiger partial charge in [0.15, 0.2) is 5.58 Å². The van der Waals surface area contributed by atoms with E-state index >= 15 is 0 Å². The Balaban J connectivity index is 1.76. The third-order valence-corrected chi connectivity index (χ3v) is 3.50. The number of rotatable bonds is 5. The van der Waals surface area contributed by atoms with Gasteiger partial charge < -0.3 is 14.6 Å². The number of anilines is 2. The molecule has 0 radical (unpaired) electrons. The molecule has 5 nitrogen and oxygen atoms in total. The van der Waals surface area contributed by atoms with E-state index in [-0.39, 0.29) is 12.6 Å². The summed E-state index contributed by atoms with van der Waals surface area (Å²) < 4.78 is 32.8. The lowest BCUT2D eigenvalue weighted by molar-refractivity contribution is -0.115. The van der Waals surface area contributed by atoms with Crippen molar-refractivity contribution in [2.45, 2.75) is 6.92 Å². The highest BCUT2D eigenvalue weighted by Gasteiger charge is 2.18. The number of para-hydroxylation sites is 3. The highest BCUT2D eigenvalue weighted by molar-refractivity contribution is 5.94. The van der Waals surface area contributed by atoms with E-state index < -0.39 is 23.2 Å². The molecule has 0 unspecified atom stereocenters. The van der Waals surface area contributed by atoms with Gasteiger partial charge in [-0.2, -0.15) is 4.98 Å². The molecule has 0 bridgehead atoms. The summed E-state index contributed by atoms with van der Waals surface area (Å²) in [6.45, 7) is 2.13. The summed E-state index contributed by atoms with van der Waals surface area (Å²) >= 11 is 0. The number of aromatic nitrogens is 1. The number of hydrogen-bond acceptors (Lipinski definition) is 4. The predicted molar refractivity (Wildman–Crippen MR) is 86.9 cm³/mol. The van der Waals surface area contributed by atoms with Crippen molar-refractivity contribution < 1.29 is 18.0 Å². The largest absolute Gasteiger partial charge is 0.423 e. The van der Waals surface area contributed by atoms with Crippen molar-refractivity contribution in [3.8, 4) is 0 Å². The van der Waals surface area contributed by atoms with E-state index in [1.807, 2.05) is 19.1 Å². The average Bonchev–Trinajstić information content (AvgIpc) is 3.00. The van der Waals surface area contributed by atoms with Gasteiger partial charge in [-0.25, -0.2) is 8.78 Å². The van der Waals surface area contributed by atoms with Crippen LogP contribution in [0.5, 0.6) is 0 Å². The van der Waals surface area contributed by atoms with Crippen molar-refractivity contribution in [1.82, 2.24) is 4.98 Å². The van der Waals surface area contributed by atoms with Gasteiger partial charge in [0.1, 0.15) is 29.4 Å². The van der Waals surface area contributed by atoms with Crippen LogP contribution in [0.2, 0.25) is 0 Å². The predicted octanol–water partition coefficient (Wildman–Crippen LogP) is 3.57. The molecule has 0 fully saturated rings. The number of likely N-dealkylation sites (N-methyl/N-ethyl adjacent to an activating group) is 1. The molecule has 2 aromatic carbocycles. The SMILES string of the molecule is CCN(CC(=O)Nc1c(F)cccc1F)c1nc2ccccc2o1. The maximum absolute atomic E-state index is 13.6. The molecule has 0 spiro atoms. The van der Waals surface area contributed by atoms with E-state index in [2.05, 4.69) is 10.3 Å². The third-order valence-electron chi connectivity index (χ3n) is 3.50. The molecule has 0 saturated heterocycles. The maximum atomic E-state index is 13.6. The standard InChI is InChI=1S/C17H15F2N3O2/c1-2-22(17-20-13-8-3-4-9-14(13)24-17)10-15(23)21-16-11(18)6-5-7-12(16)19/h3-9H,2,10H2,1H3,(H,21,23). The highest BCUT2D eigenvalue weighted by Crippen LogP contribution is 2.22. The Bertz CT molecular complexity index is 826. The molecule has 1 aromatic heterocycles. The Morgan fingerprint density at radius 1 is 1.17 bits per heavy atom. The Kier molecular flexibility index (Phi) is 4.41. The number of nitrogens with zero attached hydrogens (tertiary/aromatic N) is 2. The second kappa shape index (κ2) is 6.66. The van der Waals surface area contributed by atoms with E-state index in [1.165, 1.54) is 6.07 Å². The molecule has 1 heterocycles. The van der Waals surface area contributed by atoms with Gasteiger partial charge >= 0.3 is 0 Å². The minimum absolute atomic E-state index is 0.142. The number of oxazole rings is 1. The minimum atomic E-state index is -0.826. The van der Waals surface area contributed by atoms with Crippen molar-refractivity contribution in [3.63, 3.8) is 0 Å². The van der Waals surface area contributed by atoms with Gasteiger partial charge in [-0.1, -0.05) is 18.2 Å². The van der Waals surface area contributed by atoms with Gasteiger partial charge in [-0.3, -0.25) is 4.79 Å². The number of fused-ring (bicyclic) bond motifs is 1. The molecule has 7 heteroatoms. The number of carbonyl (C=O) groups is 1. The van der Waals surface area contributed by atoms with Gasteiger partial charge in [-0.15, -0.1) is 0 Å². The van der Waals surface area contributed by atoms with Gasteiger partial charge in [0.05, 0.1) is 0 Å². The number of halogens is 2. The molecule has 1 N–H and O–H groups in total. The minimum Gasteiger partial charge on any atom is -0.423 e. The third kappa shape index (κ3) is 3.19. The van der Waals surface area contributed by atoms with Crippen molar-refractivity contribution in [3.05, 3.63) is 54.1 Å². The first kappa shape index (κ1) is 15.9. The zero-order chi connectivity index (χ0) is 17.1. The molecule has 24 heavy (non-hydrogen) atoms. The van der Waals surface area contributed by atoms with E-state index in [4.69, 9.17) is 4.42 Å². The fraction of sp³-hybridized carbons (Fsp3) is 0.176. The topological polar surface area (TPSA) is 58.4 Å². The highest BCUT2D eigenvalue weighted by atomic mass is 19.1. The van der Waals surface area contributed by atoms with Crippen LogP contribution in [0, 0.1) is 11.6 Å².